The lowest BCUT2D eigenvalue weighted by Gasteiger charge is -2.21. The molecule has 0 heterocycles. The predicted octanol–water partition coefficient (Wildman–Crippen LogP) is 4.03. The summed E-state index contributed by atoms with van der Waals surface area (Å²) in [6, 6.07) is 5.09. The molecule has 0 bridgehead atoms. The van der Waals surface area contributed by atoms with E-state index in [2.05, 4.69) is 5.32 Å². The Hall–Kier alpha value is -1.05. The van der Waals surface area contributed by atoms with Gasteiger partial charge in [-0.2, -0.15) is 4.31 Å². The lowest BCUT2D eigenvalue weighted by molar-refractivity contribution is -0.115. The third kappa shape index (κ3) is 5.02. The van der Waals surface area contributed by atoms with E-state index in [0.29, 0.717) is 29.6 Å². The van der Waals surface area contributed by atoms with E-state index in [1.807, 2.05) is 20.8 Å². The van der Waals surface area contributed by atoms with E-state index in [0.717, 1.165) is 0 Å². The molecule has 2 rings (SSSR count). The maximum absolute atomic E-state index is 12.8. The largest absolute Gasteiger partial charge is 0.325 e. The second-order valence-corrected chi connectivity index (χ2v) is 10.3. The number of hydrogen-bond donors (Lipinski definition) is 1. The Morgan fingerprint density at radius 3 is 2.46 bits per heavy atom. The maximum atomic E-state index is 12.8. The minimum atomic E-state index is -3.55. The molecule has 1 N–H and O–H groups in total. The van der Waals surface area contributed by atoms with Crippen LogP contribution < -0.4 is 5.32 Å². The fourth-order valence-corrected chi connectivity index (χ4v) is 6.35. The van der Waals surface area contributed by atoms with Crippen molar-refractivity contribution < 1.29 is 13.2 Å². The Balaban J connectivity index is 2.14. The van der Waals surface area contributed by atoms with Gasteiger partial charge in [-0.15, -0.1) is 11.8 Å². The van der Waals surface area contributed by atoms with Crippen molar-refractivity contribution in [2.45, 2.75) is 68.8 Å². The number of benzene rings is 1. The molecular weight excluding hydrogens is 368 g/mol. The summed E-state index contributed by atoms with van der Waals surface area (Å²) in [5.41, 5.74) is 1.22. The molecule has 0 saturated heterocycles. The fourth-order valence-electron chi connectivity index (χ4n) is 3.28. The second-order valence-electron chi connectivity index (χ2n) is 6.74. The highest BCUT2D eigenvalue weighted by Gasteiger charge is 2.25. The topological polar surface area (TPSA) is 66.5 Å². The summed E-state index contributed by atoms with van der Waals surface area (Å²) >= 11 is 1.72. The molecule has 1 aromatic carbocycles. The molecular formula is C19H30N2O3S2. The van der Waals surface area contributed by atoms with Gasteiger partial charge in [-0.1, -0.05) is 32.8 Å². The van der Waals surface area contributed by atoms with Crippen LogP contribution in [0.5, 0.6) is 0 Å². The van der Waals surface area contributed by atoms with Gasteiger partial charge in [0.05, 0.1) is 10.1 Å². The highest BCUT2D eigenvalue weighted by atomic mass is 32.2. The van der Waals surface area contributed by atoms with Crippen molar-refractivity contribution in [3.63, 3.8) is 0 Å². The normalized spacial score (nSPS) is 16.8. The summed E-state index contributed by atoms with van der Waals surface area (Å²) in [5.74, 6) is -0.0723. The third-order valence-corrected chi connectivity index (χ3v) is 8.52. The lowest BCUT2D eigenvalue weighted by atomic mass is 10.2. The van der Waals surface area contributed by atoms with Crippen molar-refractivity contribution >= 4 is 33.4 Å². The first-order valence-corrected chi connectivity index (χ1v) is 11.7. The Bertz CT molecular complexity index is 724. The molecule has 0 radical (unpaired) electrons. The van der Waals surface area contributed by atoms with Crippen LogP contribution >= 0.6 is 11.8 Å². The first kappa shape index (κ1) is 21.3. The Kier molecular flexibility index (Phi) is 7.55. The van der Waals surface area contributed by atoms with Crippen molar-refractivity contribution in [2.24, 2.45) is 0 Å². The number of hydrogen-bond acceptors (Lipinski definition) is 4. The van der Waals surface area contributed by atoms with E-state index in [4.69, 9.17) is 0 Å². The van der Waals surface area contributed by atoms with Gasteiger partial charge >= 0.3 is 0 Å². The van der Waals surface area contributed by atoms with E-state index >= 15 is 0 Å². The number of nitrogens with zero attached hydrogens (tertiary/aromatic N) is 1. The number of aryl methyl sites for hydroxylation is 1. The molecule has 5 nitrogen and oxygen atoms in total. The number of carbonyl (C=O) groups is 1. The van der Waals surface area contributed by atoms with Gasteiger partial charge in [0.1, 0.15) is 0 Å². The zero-order chi connectivity index (χ0) is 19.3. The molecule has 146 valence electrons. The quantitative estimate of drug-likeness (QED) is 0.718. The van der Waals surface area contributed by atoms with Crippen LogP contribution in [-0.2, 0) is 14.8 Å². The molecule has 1 aliphatic rings. The lowest BCUT2D eigenvalue weighted by Crippen LogP contribution is -2.31. The van der Waals surface area contributed by atoms with Crippen molar-refractivity contribution in [3.8, 4) is 0 Å². The Morgan fingerprint density at radius 1 is 1.27 bits per heavy atom. The van der Waals surface area contributed by atoms with Crippen LogP contribution in [0.15, 0.2) is 23.1 Å². The molecule has 26 heavy (non-hydrogen) atoms. The molecule has 0 aliphatic heterocycles. The van der Waals surface area contributed by atoms with Crippen LogP contribution in [0.4, 0.5) is 5.69 Å². The van der Waals surface area contributed by atoms with Crippen LogP contribution in [0.2, 0.25) is 0 Å². The number of thioether (sulfide) groups is 1. The van der Waals surface area contributed by atoms with Crippen LogP contribution in [0, 0.1) is 6.92 Å². The van der Waals surface area contributed by atoms with E-state index in [9.17, 15) is 13.2 Å². The average Bonchev–Trinajstić information content (AvgIpc) is 3.10. The highest BCUT2D eigenvalue weighted by molar-refractivity contribution is 8.01. The van der Waals surface area contributed by atoms with Gasteiger partial charge in [0.25, 0.3) is 0 Å². The molecule has 1 aromatic rings. The molecule has 0 spiro atoms. The molecule has 1 amide bonds. The van der Waals surface area contributed by atoms with Crippen molar-refractivity contribution in [2.75, 3.05) is 18.4 Å². The summed E-state index contributed by atoms with van der Waals surface area (Å²) < 4.78 is 27.1. The minimum Gasteiger partial charge on any atom is -0.325 e. The summed E-state index contributed by atoms with van der Waals surface area (Å²) in [7, 11) is -3.55. The first-order valence-electron chi connectivity index (χ1n) is 9.36. The van der Waals surface area contributed by atoms with Gasteiger partial charge in [-0.3, -0.25) is 4.79 Å². The molecule has 0 unspecified atom stereocenters. The third-order valence-electron chi connectivity index (χ3n) is 4.85. The minimum absolute atomic E-state index is 0.0723. The highest BCUT2D eigenvalue weighted by Crippen LogP contribution is 2.32. The summed E-state index contributed by atoms with van der Waals surface area (Å²) in [4.78, 5) is 12.8. The number of nitrogens with one attached hydrogen (secondary N) is 1. The van der Waals surface area contributed by atoms with Gasteiger partial charge in [0, 0.05) is 24.0 Å². The van der Waals surface area contributed by atoms with Crippen molar-refractivity contribution in [1.82, 2.24) is 4.31 Å². The van der Waals surface area contributed by atoms with Crippen LogP contribution in [0.1, 0.15) is 52.0 Å². The maximum Gasteiger partial charge on any atom is 0.243 e. The zero-order valence-electron chi connectivity index (χ0n) is 16.1. The number of carbonyl (C=O) groups excluding carboxylic acids is 1. The molecule has 1 saturated carbocycles. The van der Waals surface area contributed by atoms with Gasteiger partial charge in [0.15, 0.2) is 0 Å². The van der Waals surface area contributed by atoms with E-state index in [1.54, 1.807) is 36.9 Å². The van der Waals surface area contributed by atoms with Gasteiger partial charge in [0.2, 0.25) is 15.9 Å². The summed E-state index contributed by atoms with van der Waals surface area (Å²) in [6.45, 7) is 8.18. The Labute approximate surface area is 162 Å². The molecule has 7 heteroatoms. The average molecular weight is 399 g/mol. The van der Waals surface area contributed by atoms with Crippen LogP contribution in [0.25, 0.3) is 0 Å². The molecule has 0 aromatic heterocycles. The summed E-state index contributed by atoms with van der Waals surface area (Å²) in [5, 5.41) is 3.30. The standard InChI is InChI=1S/C19H30N2O3S2/c1-5-21(6-2)26(23,24)18-13-16(12-11-14(18)3)20-19(22)15(4)25-17-9-7-8-10-17/h11-13,15,17H,5-10H2,1-4H3,(H,20,22)/t15-/m0/s1. The first-order chi connectivity index (χ1) is 12.3. The zero-order valence-corrected chi connectivity index (χ0v) is 17.8. The van der Waals surface area contributed by atoms with Crippen molar-refractivity contribution in [3.05, 3.63) is 23.8 Å². The Morgan fingerprint density at radius 2 is 1.88 bits per heavy atom. The number of anilines is 1. The van der Waals surface area contributed by atoms with E-state index < -0.39 is 10.0 Å². The van der Waals surface area contributed by atoms with E-state index in [-0.39, 0.29) is 16.1 Å². The van der Waals surface area contributed by atoms with E-state index in [1.165, 1.54) is 30.0 Å². The molecule has 1 aliphatic carbocycles. The molecule has 1 atom stereocenters. The summed E-state index contributed by atoms with van der Waals surface area (Å²) in [6.07, 6.45) is 4.85. The molecule has 1 fully saturated rings. The van der Waals surface area contributed by atoms with Crippen LogP contribution in [0.3, 0.4) is 0 Å². The number of rotatable bonds is 8. The smallest absolute Gasteiger partial charge is 0.243 e. The SMILES string of the molecule is CCN(CC)S(=O)(=O)c1cc(NC(=O)[C@H](C)SC2CCCC2)ccc1C. The second kappa shape index (κ2) is 9.24. The number of amides is 1. The number of sulfonamides is 1. The van der Waals surface area contributed by atoms with Gasteiger partial charge < -0.3 is 5.32 Å². The fraction of sp³-hybridized carbons (Fsp3) is 0.632. The van der Waals surface area contributed by atoms with Crippen LogP contribution in [-0.4, -0.2) is 42.2 Å². The monoisotopic (exact) mass is 398 g/mol. The van der Waals surface area contributed by atoms with Gasteiger partial charge in [-0.25, -0.2) is 8.42 Å². The van der Waals surface area contributed by atoms with Crippen molar-refractivity contribution in [1.29, 1.82) is 0 Å². The predicted molar refractivity (Wildman–Crippen MR) is 109 cm³/mol. The van der Waals surface area contributed by atoms with Gasteiger partial charge in [-0.05, 0) is 44.4 Å².